The lowest BCUT2D eigenvalue weighted by molar-refractivity contribution is -0.134. The first-order chi connectivity index (χ1) is 13.1. The summed E-state index contributed by atoms with van der Waals surface area (Å²) in [6.45, 7) is 16.1. The number of likely N-dealkylation sites (tertiary alicyclic amines) is 1. The van der Waals surface area contributed by atoms with Crippen LogP contribution in [0.3, 0.4) is 0 Å². The summed E-state index contributed by atoms with van der Waals surface area (Å²) in [5.41, 5.74) is 0. The van der Waals surface area contributed by atoms with Crippen LogP contribution in [0.5, 0.6) is 0 Å². The van der Waals surface area contributed by atoms with Crippen molar-refractivity contribution in [1.82, 2.24) is 19.6 Å². The quantitative estimate of drug-likeness (QED) is 0.617. The molecule has 0 aromatic rings. The van der Waals surface area contributed by atoms with E-state index in [1.54, 1.807) is 0 Å². The van der Waals surface area contributed by atoms with Crippen LogP contribution < -0.4 is 0 Å². The number of nitrogens with zero attached hydrogens (tertiary/aromatic N) is 4. The zero-order valence-electron chi connectivity index (χ0n) is 18.0. The first-order valence-corrected chi connectivity index (χ1v) is 11.6. The molecular weight excluding hydrogens is 336 g/mol. The van der Waals surface area contributed by atoms with Crippen molar-refractivity contribution in [2.45, 2.75) is 71.4 Å². The Morgan fingerprint density at radius 3 is 2.22 bits per heavy atom. The number of rotatable bonds is 9. The molecular formula is C22H42N4O. The molecule has 1 atom stereocenters. The van der Waals surface area contributed by atoms with E-state index in [1.807, 2.05) is 0 Å². The molecule has 1 unspecified atom stereocenters. The van der Waals surface area contributed by atoms with Crippen LogP contribution >= 0.6 is 0 Å². The third-order valence-corrected chi connectivity index (χ3v) is 7.01. The van der Waals surface area contributed by atoms with Gasteiger partial charge in [0.25, 0.3) is 0 Å². The molecule has 3 rings (SSSR count). The maximum Gasteiger partial charge on any atom is 0.236 e. The van der Waals surface area contributed by atoms with E-state index < -0.39 is 0 Å². The molecule has 1 saturated carbocycles. The van der Waals surface area contributed by atoms with Gasteiger partial charge in [0.2, 0.25) is 5.91 Å². The van der Waals surface area contributed by atoms with Crippen molar-refractivity contribution in [2.75, 3.05) is 58.9 Å². The topological polar surface area (TPSA) is 30.0 Å². The van der Waals surface area contributed by atoms with E-state index in [2.05, 4.69) is 40.4 Å². The molecule has 3 aliphatic rings. The standard InChI is InChI=1S/C22H42N4O/c1-4-10-26(17-20-6-7-20)21-8-11-23(12-9-21)18-22(27)25-15-13-24(14-16-25)19(3)5-2/h19-21H,4-18H2,1-3H3. The Morgan fingerprint density at radius 1 is 1.00 bits per heavy atom. The summed E-state index contributed by atoms with van der Waals surface area (Å²) in [6, 6.07) is 1.39. The highest BCUT2D eigenvalue weighted by Crippen LogP contribution is 2.31. The minimum Gasteiger partial charge on any atom is -0.339 e. The molecule has 1 amide bonds. The van der Waals surface area contributed by atoms with Crippen LogP contribution in [0.15, 0.2) is 0 Å². The van der Waals surface area contributed by atoms with E-state index >= 15 is 0 Å². The highest BCUT2D eigenvalue weighted by atomic mass is 16.2. The second-order valence-corrected chi connectivity index (χ2v) is 9.12. The van der Waals surface area contributed by atoms with Crippen LogP contribution in [0.25, 0.3) is 0 Å². The SMILES string of the molecule is CCCN(CC1CC1)C1CCN(CC(=O)N2CCN(C(C)CC)CC2)CC1. The first kappa shape index (κ1) is 21.1. The predicted octanol–water partition coefficient (Wildman–Crippen LogP) is 2.52. The molecule has 0 N–H and O–H groups in total. The summed E-state index contributed by atoms with van der Waals surface area (Å²) >= 11 is 0. The van der Waals surface area contributed by atoms with E-state index in [9.17, 15) is 4.79 Å². The van der Waals surface area contributed by atoms with Gasteiger partial charge in [-0.1, -0.05) is 13.8 Å². The normalized spacial score (nSPS) is 24.5. The Morgan fingerprint density at radius 2 is 1.67 bits per heavy atom. The second-order valence-electron chi connectivity index (χ2n) is 9.12. The highest BCUT2D eigenvalue weighted by molar-refractivity contribution is 5.78. The van der Waals surface area contributed by atoms with Gasteiger partial charge in [-0.05, 0) is 57.9 Å². The van der Waals surface area contributed by atoms with Gasteiger partial charge >= 0.3 is 0 Å². The molecule has 0 bridgehead atoms. The molecule has 2 aliphatic heterocycles. The van der Waals surface area contributed by atoms with E-state index in [-0.39, 0.29) is 0 Å². The number of amides is 1. The first-order valence-electron chi connectivity index (χ1n) is 11.6. The zero-order valence-corrected chi connectivity index (χ0v) is 18.0. The van der Waals surface area contributed by atoms with Crippen LogP contribution in [0.4, 0.5) is 0 Å². The smallest absolute Gasteiger partial charge is 0.236 e. The van der Waals surface area contributed by atoms with Crippen molar-refractivity contribution >= 4 is 5.91 Å². The van der Waals surface area contributed by atoms with Crippen LogP contribution in [0.2, 0.25) is 0 Å². The summed E-state index contributed by atoms with van der Waals surface area (Å²) in [5, 5.41) is 0. The van der Waals surface area contributed by atoms with Gasteiger partial charge in [0.15, 0.2) is 0 Å². The van der Waals surface area contributed by atoms with Crippen molar-refractivity contribution in [1.29, 1.82) is 0 Å². The van der Waals surface area contributed by atoms with Crippen LogP contribution in [-0.2, 0) is 4.79 Å². The van der Waals surface area contributed by atoms with Crippen LogP contribution in [0.1, 0.15) is 59.3 Å². The third kappa shape index (κ3) is 6.16. The lowest BCUT2D eigenvalue weighted by atomic mass is 10.0. The summed E-state index contributed by atoms with van der Waals surface area (Å²) in [4.78, 5) is 22.5. The van der Waals surface area contributed by atoms with E-state index in [0.29, 0.717) is 18.5 Å². The summed E-state index contributed by atoms with van der Waals surface area (Å²) < 4.78 is 0. The molecule has 5 nitrogen and oxygen atoms in total. The van der Waals surface area contributed by atoms with Crippen molar-refractivity contribution in [2.24, 2.45) is 5.92 Å². The molecule has 1 aliphatic carbocycles. The molecule has 27 heavy (non-hydrogen) atoms. The number of piperazine rings is 1. The largest absolute Gasteiger partial charge is 0.339 e. The van der Waals surface area contributed by atoms with Crippen molar-refractivity contribution in [3.8, 4) is 0 Å². The molecule has 2 saturated heterocycles. The number of carbonyl (C=O) groups is 1. The molecule has 2 heterocycles. The van der Waals surface area contributed by atoms with Crippen LogP contribution in [-0.4, -0.2) is 96.5 Å². The van der Waals surface area contributed by atoms with Gasteiger partial charge in [-0.15, -0.1) is 0 Å². The molecule has 5 heteroatoms. The second kappa shape index (κ2) is 10.2. The van der Waals surface area contributed by atoms with Gasteiger partial charge in [-0.3, -0.25) is 14.6 Å². The molecule has 0 aromatic carbocycles. The fourth-order valence-corrected chi connectivity index (χ4v) is 4.75. The lowest BCUT2D eigenvalue weighted by Gasteiger charge is -2.40. The minimum atomic E-state index is 0.348. The van der Waals surface area contributed by atoms with Gasteiger partial charge in [0, 0.05) is 57.9 Å². The number of hydrogen-bond donors (Lipinski definition) is 0. The maximum atomic E-state index is 12.7. The highest BCUT2D eigenvalue weighted by Gasteiger charge is 2.31. The van der Waals surface area contributed by atoms with Crippen LogP contribution in [0, 0.1) is 5.92 Å². The Kier molecular flexibility index (Phi) is 7.97. The minimum absolute atomic E-state index is 0.348. The van der Waals surface area contributed by atoms with Gasteiger partial charge in [0.05, 0.1) is 6.54 Å². The Hall–Kier alpha value is -0.650. The lowest BCUT2D eigenvalue weighted by Crippen LogP contribution is -2.54. The maximum absolute atomic E-state index is 12.7. The van der Waals surface area contributed by atoms with Crippen molar-refractivity contribution in [3.63, 3.8) is 0 Å². The average molecular weight is 379 g/mol. The monoisotopic (exact) mass is 378 g/mol. The van der Waals surface area contributed by atoms with Crippen molar-refractivity contribution < 1.29 is 4.79 Å². The molecule has 0 aromatic heterocycles. The summed E-state index contributed by atoms with van der Waals surface area (Å²) in [5.74, 6) is 1.32. The zero-order chi connectivity index (χ0) is 19.2. The van der Waals surface area contributed by atoms with Gasteiger partial charge in [0.1, 0.15) is 0 Å². The summed E-state index contributed by atoms with van der Waals surface area (Å²) in [6.07, 6.45) is 7.81. The molecule has 156 valence electrons. The number of carbonyl (C=O) groups excluding carboxylic acids is 1. The van der Waals surface area contributed by atoms with E-state index in [4.69, 9.17) is 0 Å². The molecule has 0 radical (unpaired) electrons. The Bertz CT molecular complexity index is 451. The molecule has 3 fully saturated rings. The fourth-order valence-electron chi connectivity index (χ4n) is 4.75. The third-order valence-electron chi connectivity index (χ3n) is 7.01. The van der Waals surface area contributed by atoms with Gasteiger partial charge in [-0.25, -0.2) is 0 Å². The van der Waals surface area contributed by atoms with Crippen molar-refractivity contribution in [3.05, 3.63) is 0 Å². The average Bonchev–Trinajstić information content (AvgIpc) is 3.52. The number of hydrogen-bond acceptors (Lipinski definition) is 4. The summed E-state index contributed by atoms with van der Waals surface area (Å²) in [7, 11) is 0. The fraction of sp³-hybridized carbons (Fsp3) is 0.955. The Balaban J connectivity index is 1.38. The van der Waals surface area contributed by atoms with Gasteiger partial charge < -0.3 is 9.80 Å². The Labute approximate surface area is 167 Å². The number of piperidine rings is 1. The predicted molar refractivity (Wildman–Crippen MR) is 112 cm³/mol. The molecule has 0 spiro atoms. The van der Waals surface area contributed by atoms with Gasteiger partial charge in [-0.2, -0.15) is 0 Å². The van der Waals surface area contributed by atoms with E-state index in [0.717, 1.165) is 51.2 Å². The van der Waals surface area contributed by atoms with E-state index in [1.165, 1.54) is 51.6 Å².